The summed E-state index contributed by atoms with van der Waals surface area (Å²) in [7, 11) is 1.83. The van der Waals surface area contributed by atoms with E-state index in [1.165, 1.54) is 0 Å². The number of aromatic nitrogens is 2. The van der Waals surface area contributed by atoms with E-state index < -0.39 is 0 Å². The minimum absolute atomic E-state index is 0.0246. The Hall–Kier alpha value is -2.18. The van der Waals surface area contributed by atoms with Crippen molar-refractivity contribution in [3.8, 4) is 0 Å². The van der Waals surface area contributed by atoms with Crippen LogP contribution in [0.15, 0.2) is 6.07 Å². The Kier molecular flexibility index (Phi) is 5.50. The predicted molar refractivity (Wildman–Crippen MR) is 95.1 cm³/mol. The van der Waals surface area contributed by atoms with Gasteiger partial charge in [0.15, 0.2) is 0 Å². The van der Waals surface area contributed by atoms with Crippen molar-refractivity contribution in [1.29, 1.82) is 0 Å². The molecule has 25 heavy (non-hydrogen) atoms. The van der Waals surface area contributed by atoms with Gasteiger partial charge in [0.05, 0.1) is 18.3 Å². The maximum Gasteiger partial charge on any atom is 0.242 e. The SMILES string of the molecule is CNc1cc([C@@H]2CCCN2C(=O)CN2CCCCCC2=O)nc(C)n1. The fourth-order valence-electron chi connectivity index (χ4n) is 3.72. The van der Waals surface area contributed by atoms with Gasteiger partial charge < -0.3 is 15.1 Å². The molecule has 2 aliphatic heterocycles. The predicted octanol–water partition coefficient (Wildman–Crippen LogP) is 1.89. The summed E-state index contributed by atoms with van der Waals surface area (Å²) >= 11 is 0. The number of carbonyl (C=O) groups is 2. The Balaban J connectivity index is 1.73. The van der Waals surface area contributed by atoms with Gasteiger partial charge in [0.2, 0.25) is 11.8 Å². The summed E-state index contributed by atoms with van der Waals surface area (Å²) in [5.74, 6) is 1.60. The molecule has 3 heterocycles. The van der Waals surface area contributed by atoms with Gasteiger partial charge in [-0.2, -0.15) is 0 Å². The zero-order valence-corrected chi connectivity index (χ0v) is 15.1. The Morgan fingerprint density at radius 1 is 1.24 bits per heavy atom. The van der Waals surface area contributed by atoms with Crippen LogP contribution in [0.25, 0.3) is 0 Å². The van der Waals surface area contributed by atoms with Gasteiger partial charge in [0.25, 0.3) is 0 Å². The summed E-state index contributed by atoms with van der Waals surface area (Å²) in [6.45, 7) is 3.47. The molecule has 1 N–H and O–H groups in total. The first-order valence-corrected chi connectivity index (χ1v) is 9.19. The molecule has 2 saturated heterocycles. The number of anilines is 1. The number of aryl methyl sites for hydroxylation is 1. The van der Waals surface area contributed by atoms with E-state index >= 15 is 0 Å². The number of hydrogen-bond donors (Lipinski definition) is 1. The average molecular weight is 345 g/mol. The topological polar surface area (TPSA) is 78.4 Å². The highest BCUT2D eigenvalue weighted by atomic mass is 16.2. The Morgan fingerprint density at radius 2 is 2.08 bits per heavy atom. The van der Waals surface area contributed by atoms with Crippen LogP contribution in [0.1, 0.15) is 56.1 Å². The van der Waals surface area contributed by atoms with Gasteiger partial charge in [-0.05, 0) is 32.6 Å². The summed E-state index contributed by atoms with van der Waals surface area (Å²) in [6.07, 6.45) is 5.41. The van der Waals surface area contributed by atoms with Crippen LogP contribution in [0.4, 0.5) is 5.82 Å². The molecule has 1 aromatic rings. The first kappa shape index (κ1) is 17.6. The van der Waals surface area contributed by atoms with Crippen LogP contribution in [-0.2, 0) is 9.59 Å². The van der Waals surface area contributed by atoms with Gasteiger partial charge in [0, 0.05) is 32.6 Å². The van der Waals surface area contributed by atoms with Crippen LogP contribution >= 0.6 is 0 Å². The molecule has 0 aromatic carbocycles. The summed E-state index contributed by atoms with van der Waals surface area (Å²) in [5, 5.41) is 3.05. The van der Waals surface area contributed by atoms with Crippen molar-refractivity contribution in [1.82, 2.24) is 19.8 Å². The quantitative estimate of drug-likeness (QED) is 0.902. The monoisotopic (exact) mass is 345 g/mol. The fraction of sp³-hybridized carbons (Fsp3) is 0.667. The Morgan fingerprint density at radius 3 is 2.88 bits per heavy atom. The zero-order valence-electron chi connectivity index (χ0n) is 15.1. The smallest absolute Gasteiger partial charge is 0.242 e. The maximum absolute atomic E-state index is 12.9. The molecular weight excluding hydrogens is 318 g/mol. The number of nitrogens with one attached hydrogen (secondary N) is 1. The summed E-state index contributed by atoms with van der Waals surface area (Å²) in [5.41, 5.74) is 0.880. The maximum atomic E-state index is 12.9. The molecule has 7 heteroatoms. The third-order valence-corrected chi connectivity index (χ3v) is 5.03. The van der Waals surface area contributed by atoms with Gasteiger partial charge in [-0.25, -0.2) is 9.97 Å². The molecule has 2 fully saturated rings. The molecule has 3 rings (SSSR count). The Bertz CT molecular complexity index is 648. The highest BCUT2D eigenvalue weighted by molar-refractivity contribution is 5.85. The van der Waals surface area contributed by atoms with Crippen molar-refractivity contribution in [3.63, 3.8) is 0 Å². The van der Waals surface area contributed by atoms with Crippen molar-refractivity contribution in [2.45, 2.75) is 51.5 Å². The van der Waals surface area contributed by atoms with Crippen molar-refractivity contribution in [2.75, 3.05) is 32.0 Å². The van der Waals surface area contributed by atoms with Crippen molar-refractivity contribution >= 4 is 17.6 Å². The van der Waals surface area contributed by atoms with Crippen LogP contribution in [0.2, 0.25) is 0 Å². The van der Waals surface area contributed by atoms with Crippen LogP contribution in [-0.4, -0.2) is 58.3 Å². The highest BCUT2D eigenvalue weighted by Gasteiger charge is 2.33. The normalized spacial score (nSPS) is 21.4. The minimum atomic E-state index is -0.0246. The minimum Gasteiger partial charge on any atom is -0.373 e. The molecular formula is C18H27N5O2. The molecule has 1 atom stereocenters. The second kappa shape index (κ2) is 7.80. The average Bonchev–Trinajstić information content (AvgIpc) is 3.01. The van der Waals surface area contributed by atoms with Crippen molar-refractivity contribution < 1.29 is 9.59 Å². The lowest BCUT2D eigenvalue weighted by atomic mass is 10.1. The van der Waals surface area contributed by atoms with Gasteiger partial charge in [-0.15, -0.1) is 0 Å². The van der Waals surface area contributed by atoms with E-state index in [4.69, 9.17) is 0 Å². The Labute approximate surface area is 148 Å². The molecule has 0 spiro atoms. The van der Waals surface area contributed by atoms with E-state index in [2.05, 4.69) is 15.3 Å². The van der Waals surface area contributed by atoms with E-state index in [-0.39, 0.29) is 24.4 Å². The lowest BCUT2D eigenvalue weighted by molar-refractivity contribution is -0.140. The number of likely N-dealkylation sites (tertiary alicyclic amines) is 2. The molecule has 0 saturated carbocycles. The van der Waals surface area contributed by atoms with Crippen LogP contribution in [0.3, 0.4) is 0 Å². The molecule has 7 nitrogen and oxygen atoms in total. The third kappa shape index (κ3) is 4.08. The number of hydrogen-bond acceptors (Lipinski definition) is 5. The summed E-state index contributed by atoms with van der Waals surface area (Å²) in [4.78, 5) is 37.5. The van der Waals surface area contributed by atoms with E-state index in [1.54, 1.807) is 4.90 Å². The molecule has 0 radical (unpaired) electrons. The van der Waals surface area contributed by atoms with Crippen LogP contribution in [0, 0.1) is 6.92 Å². The molecule has 0 unspecified atom stereocenters. The first-order valence-electron chi connectivity index (χ1n) is 9.19. The first-order chi connectivity index (χ1) is 12.1. The second-order valence-electron chi connectivity index (χ2n) is 6.85. The fourth-order valence-corrected chi connectivity index (χ4v) is 3.72. The van der Waals surface area contributed by atoms with Gasteiger partial charge in [-0.1, -0.05) is 6.42 Å². The van der Waals surface area contributed by atoms with Gasteiger partial charge in [-0.3, -0.25) is 9.59 Å². The number of amides is 2. The number of rotatable bonds is 4. The molecule has 136 valence electrons. The largest absolute Gasteiger partial charge is 0.373 e. The number of nitrogens with zero attached hydrogens (tertiary/aromatic N) is 4. The van der Waals surface area contributed by atoms with Crippen molar-refractivity contribution in [3.05, 3.63) is 17.6 Å². The van der Waals surface area contributed by atoms with Gasteiger partial charge in [0.1, 0.15) is 11.6 Å². The summed E-state index contributed by atoms with van der Waals surface area (Å²) < 4.78 is 0. The van der Waals surface area contributed by atoms with E-state index in [0.29, 0.717) is 18.8 Å². The summed E-state index contributed by atoms with van der Waals surface area (Å²) in [6, 6.07) is 1.89. The third-order valence-electron chi connectivity index (χ3n) is 5.03. The van der Waals surface area contributed by atoms with E-state index in [9.17, 15) is 9.59 Å². The van der Waals surface area contributed by atoms with Crippen molar-refractivity contribution in [2.24, 2.45) is 0 Å². The van der Waals surface area contributed by atoms with E-state index in [1.807, 2.05) is 24.9 Å². The molecule has 0 aliphatic carbocycles. The lowest BCUT2D eigenvalue weighted by Gasteiger charge is -2.28. The standard InChI is InChI=1S/C18H27N5O2/c1-13-20-14(11-16(19-2)21-13)15-7-6-10-23(15)18(25)12-22-9-5-3-4-8-17(22)24/h11,15H,3-10,12H2,1-2H3,(H,19,20,21)/t15-/m0/s1. The zero-order chi connectivity index (χ0) is 17.8. The van der Waals surface area contributed by atoms with Gasteiger partial charge >= 0.3 is 0 Å². The lowest BCUT2D eigenvalue weighted by Crippen LogP contribution is -2.42. The molecule has 2 amide bonds. The molecule has 2 aliphatic rings. The second-order valence-corrected chi connectivity index (χ2v) is 6.85. The number of carbonyl (C=O) groups excluding carboxylic acids is 2. The highest BCUT2D eigenvalue weighted by Crippen LogP contribution is 2.32. The molecule has 0 bridgehead atoms. The molecule has 1 aromatic heterocycles. The van der Waals surface area contributed by atoms with E-state index in [0.717, 1.165) is 50.2 Å². The van der Waals surface area contributed by atoms with Crippen LogP contribution < -0.4 is 5.32 Å². The van der Waals surface area contributed by atoms with Crippen LogP contribution in [0.5, 0.6) is 0 Å².